The molecule has 1 aliphatic rings. The number of piperidine rings is 1. The third kappa shape index (κ3) is 5.72. The van der Waals surface area contributed by atoms with Crippen LogP contribution in [0.25, 0.3) is 0 Å². The van der Waals surface area contributed by atoms with Crippen molar-refractivity contribution in [3.05, 3.63) is 28.8 Å². The number of likely N-dealkylation sites (tertiary alicyclic amines) is 1. The molecule has 1 N–H and O–H groups in total. The molecule has 5 heteroatoms. The first-order chi connectivity index (χ1) is 11.9. The molecule has 1 heterocycles. The molecule has 1 saturated heterocycles. The van der Waals surface area contributed by atoms with Crippen LogP contribution in [0.3, 0.4) is 0 Å². The molecule has 140 valence electrons. The van der Waals surface area contributed by atoms with Gasteiger partial charge in [0, 0.05) is 18.6 Å². The number of methoxy groups -OCH3 is 1. The molecule has 0 bridgehead atoms. The van der Waals surface area contributed by atoms with E-state index in [1.165, 1.54) is 38.6 Å². The minimum absolute atomic E-state index is 0.0514. The van der Waals surface area contributed by atoms with E-state index in [0.717, 1.165) is 23.4 Å². The summed E-state index contributed by atoms with van der Waals surface area (Å²) in [5, 5.41) is 3.69. The third-order valence-electron chi connectivity index (χ3n) is 4.94. The van der Waals surface area contributed by atoms with Crippen LogP contribution in [0.15, 0.2) is 12.1 Å². The number of carbonyl (C=O) groups excluding carboxylic acids is 1. The van der Waals surface area contributed by atoms with E-state index in [4.69, 9.17) is 4.74 Å². The Balaban J connectivity index is 1.88. The van der Waals surface area contributed by atoms with E-state index in [0.29, 0.717) is 12.1 Å². The zero-order valence-electron chi connectivity index (χ0n) is 16.2. The first-order valence-electron chi connectivity index (χ1n) is 9.18. The third-order valence-corrected chi connectivity index (χ3v) is 4.94. The number of rotatable bonds is 7. The lowest BCUT2D eigenvalue weighted by Gasteiger charge is -2.35. The fraction of sp³-hybridized carbons (Fsp3) is 0.650. The highest BCUT2D eigenvalue weighted by Gasteiger charge is 2.20. The topological polar surface area (TPSA) is 50.8 Å². The van der Waals surface area contributed by atoms with Crippen molar-refractivity contribution >= 4 is 5.97 Å². The van der Waals surface area contributed by atoms with E-state index in [-0.39, 0.29) is 12.6 Å². The van der Waals surface area contributed by atoms with Crippen molar-refractivity contribution < 1.29 is 14.3 Å². The van der Waals surface area contributed by atoms with Gasteiger partial charge in [0.2, 0.25) is 0 Å². The smallest absolute Gasteiger partial charge is 0.343 e. The summed E-state index contributed by atoms with van der Waals surface area (Å²) >= 11 is 0. The summed E-state index contributed by atoms with van der Waals surface area (Å²) in [5.41, 5.74) is 3.36. The van der Waals surface area contributed by atoms with Crippen molar-refractivity contribution in [1.29, 1.82) is 0 Å². The van der Waals surface area contributed by atoms with E-state index in [9.17, 15) is 4.79 Å². The fourth-order valence-electron chi connectivity index (χ4n) is 3.44. The van der Waals surface area contributed by atoms with Gasteiger partial charge in [-0.05, 0) is 70.3 Å². The van der Waals surface area contributed by atoms with Crippen molar-refractivity contribution in [1.82, 2.24) is 10.2 Å². The standard InChI is InChI=1S/C20H32N2O3/c1-14(2)22-8-6-18(7-9-22)21-12-17-10-15(3)20(16(4)11-17)25-13-19(23)24-5/h10-11,14,18,21H,6-9,12-13H2,1-5H3. The summed E-state index contributed by atoms with van der Waals surface area (Å²) in [6.07, 6.45) is 2.41. The van der Waals surface area contributed by atoms with Gasteiger partial charge in [-0.2, -0.15) is 0 Å². The zero-order valence-corrected chi connectivity index (χ0v) is 16.2. The molecule has 0 radical (unpaired) electrons. The Hall–Kier alpha value is -1.59. The van der Waals surface area contributed by atoms with Gasteiger partial charge < -0.3 is 19.7 Å². The quantitative estimate of drug-likeness (QED) is 0.768. The molecule has 1 aliphatic heterocycles. The molecule has 0 amide bonds. The minimum atomic E-state index is -0.364. The summed E-state index contributed by atoms with van der Waals surface area (Å²) in [6.45, 7) is 11.7. The Morgan fingerprint density at radius 2 is 1.84 bits per heavy atom. The molecule has 1 aromatic rings. The lowest BCUT2D eigenvalue weighted by atomic mass is 10.0. The van der Waals surface area contributed by atoms with E-state index < -0.39 is 0 Å². The molecular formula is C20H32N2O3. The average molecular weight is 348 g/mol. The van der Waals surface area contributed by atoms with Crippen molar-refractivity contribution in [2.24, 2.45) is 0 Å². The molecular weight excluding hydrogens is 316 g/mol. The highest BCUT2D eigenvalue weighted by atomic mass is 16.6. The largest absolute Gasteiger partial charge is 0.481 e. The second-order valence-electron chi connectivity index (χ2n) is 7.21. The normalized spacial score (nSPS) is 16.2. The number of esters is 1. The Kier molecular flexibility index (Phi) is 7.26. The molecule has 0 aliphatic carbocycles. The molecule has 1 fully saturated rings. The molecule has 1 aromatic carbocycles. The van der Waals surface area contributed by atoms with Crippen molar-refractivity contribution in [2.45, 2.75) is 59.2 Å². The molecule has 25 heavy (non-hydrogen) atoms. The second-order valence-corrected chi connectivity index (χ2v) is 7.21. The number of carbonyl (C=O) groups is 1. The van der Waals surface area contributed by atoms with E-state index >= 15 is 0 Å². The van der Waals surface area contributed by atoms with Gasteiger partial charge in [-0.3, -0.25) is 0 Å². The maximum Gasteiger partial charge on any atom is 0.343 e. The van der Waals surface area contributed by atoms with E-state index in [1.54, 1.807) is 0 Å². The van der Waals surface area contributed by atoms with Gasteiger partial charge in [-0.1, -0.05) is 12.1 Å². The molecule has 2 rings (SSSR count). The second kappa shape index (κ2) is 9.20. The van der Waals surface area contributed by atoms with E-state index in [1.807, 2.05) is 13.8 Å². The molecule has 0 saturated carbocycles. The van der Waals surface area contributed by atoms with Crippen LogP contribution in [0.5, 0.6) is 5.75 Å². The first kappa shape index (κ1) is 19.7. The molecule has 0 aromatic heterocycles. The number of ether oxygens (including phenoxy) is 2. The molecule has 5 nitrogen and oxygen atoms in total. The van der Waals surface area contributed by atoms with Crippen LogP contribution < -0.4 is 10.1 Å². The lowest BCUT2D eigenvalue weighted by Crippen LogP contribution is -2.44. The number of nitrogens with one attached hydrogen (secondary N) is 1. The van der Waals surface area contributed by atoms with Crippen LogP contribution in [-0.4, -0.2) is 49.8 Å². The van der Waals surface area contributed by atoms with Crippen molar-refractivity contribution in [3.8, 4) is 5.75 Å². The Labute approximate surface area is 151 Å². The minimum Gasteiger partial charge on any atom is -0.481 e. The summed E-state index contributed by atoms with van der Waals surface area (Å²) in [4.78, 5) is 13.8. The molecule has 0 atom stereocenters. The number of benzene rings is 1. The average Bonchev–Trinajstić information content (AvgIpc) is 2.59. The fourth-order valence-corrected chi connectivity index (χ4v) is 3.44. The van der Waals surface area contributed by atoms with Crippen molar-refractivity contribution in [2.75, 3.05) is 26.8 Å². The van der Waals surface area contributed by atoms with Gasteiger partial charge in [0.05, 0.1) is 7.11 Å². The van der Waals surface area contributed by atoms with Gasteiger partial charge in [0.15, 0.2) is 6.61 Å². The highest BCUT2D eigenvalue weighted by Crippen LogP contribution is 2.25. The Morgan fingerprint density at radius 3 is 2.36 bits per heavy atom. The Morgan fingerprint density at radius 1 is 1.24 bits per heavy atom. The van der Waals surface area contributed by atoms with Crippen LogP contribution in [0.4, 0.5) is 0 Å². The molecule has 0 spiro atoms. The monoisotopic (exact) mass is 348 g/mol. The summed E-state index contributed by atoms with van der Waals surface area (Å²) in [7, 11) is 1.37. The number of aryl methyl sites for hydroxylation is 2. The number of hydrogen-bond donors (Lipinski definition) is 1. The van der Waals surface area contributed by atoms with Crippen molar-refractivity contribution in [3.63, 3.8) is 0 Å². The first-order valence-corrected chi connectivity index (χ1v) is 9.18. The summed E-state index contributed by atoms with van der Waals surface area (Å²) in [6, 6.07) is 5.50. The highest BCUT2D eigenvalue weighted by molar-refractivity contribution is 5.71. The van der Waals surface area contributed by atoms with Gasteiger partial charge in [0.1, 0.15) is 5.75 Å². The predicted octanol–water partition coefficient (Wildman–Crippen LogP) is 2.82. The van der Waals surface area contributed by atoms with E-state index in [2.05, 4.69) is 40.9 Å². The van der Waals surface area contributed by atoms with Crippen LogP contribution in [0.1, 0.15) is 43.4 Å². The maximum absolute atomic E-state index is 11.3. The van der Waals surface area contributed by atoms with Crippen LogP contribution in [-0.2, 0) is 16.1 Å². The number of hydrogen-bond acceptors (Lipinski definition) is 5. The van der Waals surface area contributed by atoms with Gasteiger partial charge >= 0.3 is 5.97 Å². The lowest BCUT2D eigenvalue weighted by molar-refractivity contribution is -0.142. The van der Waals surface area contributed by atoms with Gasteiger partial charge in [-0.25, -0.2) is 4.79 Å². The number of nitrogens with zero attached hydrogens (tertiary/aromatic N) is 1. The van der Waals surface area contributed by atoms with Crippen LogP contribution in [0.2, 0.25) is 0 Å². The van der Waals surface area contributed by atoms with Crippen LogP contribution >= 0.6 is 0 Å². The van der Waals surface area contributed by atoms with Crippen LogP contribution in [0, 0.1) is 13.8 Å². The summed E-state index contributed by atoms with van der Waals surface area (Å²) < 4.78 is 10.2. The van der Waals surface area contributed by atoms with Gasteiger partial charge in [-0.15, -0.1) is 0 Å². The maximum atomic E-state index is 11.3. The summed E-state index contributed by atoms with van der Waals surface area (Å²) in [5.74, 6) is 0.414. The SMILES string of the molecule is COC(=O)COc1c(C)cc(CNC2CCN(C(C)C)CC2)cc1C. The van der Waals surface area contributed by atoms with Gasteiger partial charge in [0.25, 0.3) is 0 Å². The Bertz CT molecular complexity index is 555. The molecule has 0 unspecified atom stereocenters. The zero-order chi connectivity index (χ0) is 18.4. The predicted molar refractivity (Wildman–Crippen MR) is 100.0 cm³/mol.